The topological polar surface area (TPSA) is 86.8 Å². The van der Waals surface area contributed by atoms with Crippen molar-refractivity contribution in [2.75, 3.05) is 17.9 Å². The smallest absolute Gasteiger partial charge is 0.264 e. The molecule has 7 nitrogen and oxygen atoms in total. The van der Waals surface area contributed by atoms with E-state index in [0.717, 1.165) is 9.87 Å². The summed E-state index contributed by atoms with van der Waals surface area (Å²) in [5, 5.41) is 2.61. The van der Waals surface area contributed by atoms with E-state index in [0.29, 0.717) is 12.1 Å². The average molecular weight is 480 g/mol. The minimum Gasteiger partial charge on any atom is -0.357 e. The Morgan fingerprint density at radius 3 is 1.91 bits per heavy atom. The molecule has 0 aromatic heterocycles. The number of hydrogen-bond donors (Lipinski definition) is 1. The third-order valence-electron chi connectivity index (χ3n) is 5.48. The van der Waals surface area contributed by atoms with Gasteiger partial charge in [0.05, 0.1) is 10.6 Å². The number of rotatable bonds is 10. The molecule has 0 radical (unpaired) electrons. The number of anilines is 1. The summed E-state index contributed by atoms with van der Waals surface area (Å²) in [4.78, 5) is 27.8. The van der Waals surface area contributed by atoms with Crippen molar-refractivity contribution in [3.05, 3.63) is 96.6 Å². The van der Waals surface area contributed by atoms with Gasteiger partial charge in [0.25, 0.3) is 10.0 Å². The zero-order valence-electron chi connectivity index (χ0n) is 19.3. The van der Waals surface area contributed by atoms with Crippen molar-refractivity contribution in [2.24, 2.45) is 0 Å². The van der Waals surface area contributed by atoms with Gasteiger partial charge in [0, 0.05) is 13.6 Å². The summed E-state index contributed by atoms with van der Waals surface area (Å²) in [5.41, 5.74) is 1.21. The fraction of sp³-hybridized carbons (Fsp3) is 0.231. The van der Waals surface area contributed by atoms with Gasteiger partial charge in [0.15, 0.2) is 0 Å². The second kappa shape index (κ2) is 11.5. The van der Waals surface area contributed by atoms with Crippen LogP contribution in [0.3, 0.4) is 0 Å². The molecule has 2 amide bonds. The number of amides is 2. The molecule has 1 atom stereocenters. The summed E-state index contributed by atoms with van der Waals surface area (Å²) >= 11 is 0. The standard InChI is InChI=1S/C26H29N3O4S/c1-3-24(26(31)27-2)28(19-21-13-7-4-8-14-21)25(30)20-29(22-15-9-5-10-16-22)34(32,33)23-17-11-6-12-18-23/h4-18,24H,3,19-20H2,1-2H3,(H,27,31). The van der Waals surface area contributed by atoms with Crippen LogP contribution in [-0.4, -0.2) is 44.8 Å². The Bertz CT molecular complexity index is 1190. The number of hydrogen-bond acceptors (Lipinski definition) is 4. The Kier molecular flexibility index (Phi) is 8.43. The predicted octanol–water partition coefficient (Wildman–Crippen LogP) is 3.44. The third kappa shape index (κ3) is 5.82. The number of sulfonamides is 1. The van der Waals surface area contributed by atoms with E-state index in [2.05, 4.69) is 5.32 Å². The molecular weight excluding hydrogens is 450 g/mol. The zero-order valence-corrected chi connectivity index (χ0v) is 20.1. The van der Waals surface area contributed by atoms with Crippen molar-refractivity contribution in [3.8, 4) is 0 Å². The van der Waals surface area contributed by atoms with Gasteiger partial charge in [-0.15, -0.1) is 0 Å². The maximum absolute atomic E-state index is 13.7. The van der Waals surface area contributed by atoms with Crippen molar-refractivity contribution >= 4 is 27.5 Å². The highest BCUT2D eigenvalue weighted by Gasteiger charge is 2.33. The van der Waals surface area contributed by atoms with Gasteiger partial charge < -0.3 is 10.2 Å². The number of likely N-dealkylation sites (N-methyl/N-ethyl adjacent to an activating group) is 1. The number of nitrogens with one attached hydrogen (secondary N) is 1. The van der Waals surface area contributed by atoms with E-state index in [4.69, 9.17) is 0 Å². The Morgan fingerprint density at radius 1 is 0.853 bits per heavy atom. The molecule has 1 unspecified atom stereocenters. The summed E-state index contributed by atoms with van der Waals surface area (Å²) in [7, 11) is -2.51. The average Bonchev–Trinajstić information content (AvgIpc) is 2.88. The maximum atomic E-state index is 13.7. The van der Waals surface area contributed by atoms with E-state index in [9.17, 15) is 18.0 Å². The number of carbonyl (C=O) groups excluding carboxylic acids is 2. The molecule has 0 bridgehead atoms. The second-order valence-corrected chi connectivity index (χ2v) is 9.57. The monoisotopic (exact) mass is 479 g/mol. The Hall–Kier alpha value is -3.65. The molecule has 3 aromatic carbocycles. The van der Waals surface area contributed by atoms with Gasteiger partial charge in [-0.2, -0.15) is 0 Å². The molecule has 1 N–H and O–H groups in total. The van der Waals surface area contributed by atoms with E-state index >= 15 is 0 Å². The van der Waals surface area contributed by atoms with Crippen molar-refractivity contribution < 1.29 is 18.0 Å². The first-order valence-electron chi connectivity index (χ1n) is 11.1. The number of carbonyl (C=O) groups is 2. The molecule has 0 saturated heterocycles. The minimum atomic E-state index is -4.03. The lowest BCUT2D eigenvalue weighted by molar-refractivity contribution is -0.140. The Balaban J connectivity index is 2.01. The minimum absolute atomic E-state index is 0.0830. The van der Waals surface area contributed by atoms with Crippen molar-refractivity contribution in [2.45, 2.75) is 30.8 Å². The molecule has 0 aliphatic heterocycles. The van der Waals surface area contributed by atoms with Crippen LogP contribution in [0.5, 0.6) is 0 Å². The van der Waals surface area contributed by atoms with Crippen LogP contribution in [0.4, 0.5) is 5.69 Å². The molecule has 34 heavy (non-hydrogen) atoms. The molecule has 0 saturated carbocycles. The van der Waals surface area contributed by atoms with Crippen molar-refractivity contribution in [1.82, 2.24) is 10.2 Å². The van der Waals surface area contributed by atoms with Crippen LogP contribution in [0.1, 0.15) is 18.9 Å². The van der Waals surface area contributed by atoms with E-state index in [1.807, 2.05) is 37.3 Å². The van der Waals surface area contributed by atoms with Crippen molar-refractivity contribution in [1.29, 1.82) is 0 Å². The molecule has 0 aliphatic rings. The predicted molar refractivity (Wildman–Crippen MR) is 133 cm³/mol. The number of para-hydroxylation sites is 1. The van der Waals surface area contributed by atoms with Crippen LogP contribution in [0.2, 0.25) is 0 Å². The van der Waals surface area contributed by atoms with Crippen LogP contribution in [0.25, 0.3) is 0 Å². The SMILES string of the molecule is CCC(C(=O)NC)N(Cc1ccccc1)C(=O)CN(c1ccccc1)S(=O)(=O)c1ccccc1. The lowest BCUT2D eigenvalue weighted by Crippen LogP contribution is -2.51. The van der Waals surface area contributed by atoms with Gasteiger partial charge >= 0.3 is 0 Å². The first-order chi connectivity index (χ1) is 16.4. The van der Waals surface area contributed by atoms with E-state index in [1.54, 1.807) is 48.5 Å². The molecule has 178 valence electrons. The third-order valence-corrected chi connectivity index (χ3v) is 7.27. The second-order valence-electron chi connectivity index (χ2n) is 7.71. The Morgan fingerprint density at radius 2 is 1.38 bits per heavy atom. The van der Waals surface area contributed by atoms with Crippen LogP contribution in [0, 0.1) is 0 Å². The highest BCUT2D eigenvalue weighted by molar-refractivity contribution is 7.92. The van der Waals surface area contributed by atoms with Gasteiger partial charge in [-0.3, -0.25) is 13.9 Å². The number of nitrogens with zero attached hydrogens (tertiary/aromatic N) is 2. The highest BCUT2D eigenvalue weighted by Crippen LogP contribution is 2.24. The van der Waals surface area contributed by atoms with E-state index in [1.165, 1.54) is 24.1 Å². The Labute approximate surface area is 201 Å². The normalized spacial score (nSPS) is 11.9. The summed E-state index contributed by atoms with van der Waals surface area (Å²) in [5.74, 6) is -0.772. The van der Waals surface area contributed by atoms with Crippen LogP contribution in [-0.2, 0) is 26.2 Å². The van der Waals surface area contributed by atoms with Gasteiger partial charge in [-0.1, -0.05) is 73.7 Å². The zero-order chi connectivity index (χ0) is 24.6. The quantitative estimate of drug-likeness (QED) is 0.483. The molecule has 0 fully saturated rings. The van der Waals surface area contributed by atoms with E-state index in [-0.39, 0.29) is 17.3 Å². The largest absolute Gasteiger partial charge is 0.357 e. The van der Waals surface area contributed by atoms with E-state index < -0.39 is 28.5 Å². The first-order valence-corrected chi connectivity index (χ1v) is 12.5. The molecule has 0 heterocycles. The lowest BCUT2D eigenvalue weighted by Gasteiger charge is -2.33. The van der Waals surface area contributed by atoms with Gasteiger partial charge in [-0.25, -0.2) is 8.42 Å². The van der Waals surface area contributed by atoms with Crippen LogP contribution >= 0.6 is 0 Å². The van der Waals surface area contributed by atoms with Gasteiger partial charge in [0.1, 0.15) is 12.6 Å². The summed E-state index contributed by atoms with van der Waals surface area (Å²) in [6.07, 6.45) is 0.384. The summed E-state index contributed by atoms with van der Waals surface area (Å²) in [6.45, 7) is 1.56. The molecule has 8 heteroatoms. The maximum Gasteiger partial charge on any atom is 0.264 e. The molecule has 3 rings (SSSR count). The van der Waals surface area contributed by atoms with Crippen LogP contribution in [0.15, 0.2) is 95.9 Å². The number of benzene rings is 3. The lowest BCUT2D eigenvalue weighted by atomic mass is 10.1. The molecular formula is C26H29N3O4S. The fourth-order valence-corrected chi connectivity index (χ4v) is 5.14. The summed E-state index contributed by atoms with van der Waals surface area (Å²) < 4.78 is 28.2. The van der Waals surface area contributed by atoms with Gasteiger partial charge in [-0.05, 0) is 36.2 Å². The van der Waals surface area contributed by atoms with Gasteiger partial charge in [0.2, 0.25) is 11.8 Å². The summed E-state index contributed by atoms with van der Waals surface area (Å²) in [6, 6.07) is 25.1. The molecule has 3 aromatic rings. The highest BCUT2D eigenvalue weighted by atomic mass is 32.2. The first kappa shape index (κ1) is 25.0. The van der Waals surface area contributed by atoms with Crippen LogP contribution < -0.4 is 9.62 Å². The van der Waals surface area contributed by atoms with Crippen molar-refractivity contribution in [3.63, 3.8) is 0 Å². The molecule has 0 aliphatic carbocycles. The molecule has 0 spiro atoms. The fourth-order valence-electron chi connectivity index (χ4n) is 3.71.